The van der Waals surface area contributed by atoms with Gasteiger partial charge in [-0.15, -0.1) is 0 Å². The predicted molar refractivity (Wildman–Crippen MR) is 82.1 cm³/mol. The van der Waals surface area contributed by atoms with E-state index < -0.39 is 0 Å². The minimum absolute atomic E-state index is 0.102. The first-order chi connectivity index (χ1) is 10.1. The van der Waals surface area contributed by atoms with Gasteiger partial charge in [-0.1, -0.05) is 23.7 Å². The first kappa shape index (κ1) is 15.2. The van der Waals surface area contributed by atoms with Gasteiger partial charge in [-0.3, -0.25) is 4.79 Å². The number of aromatic hydroxyl groups is 1. The van der Waals surface area contributed by atoms with Gasteiger partial charge in [-0.2, -0.15) is 0 Å². The first-order valence-corrected chi connectivity index (χ1v) is 6.87. The highest BCUT2D eigenvalue weighted by molar-refractivity contribution is 6.30. The molecule has 0 heterocycles. The quantitative estimate of drug-likeness (QED) is 0.892. The van der Waals surface area contributed by atoms with Crippen molar-refractivity contribution in [2.45, 2.75) is 6.42 Å². The number of methoxy groups -OCH3 is 1. The third-order valence-corrected chi connectivity index (χ3v) is 3.27. The van der Waals surface area contributed by atoms with Crippen molar-refractivity contribution >= 4 is 17.5 Å². The molecule has 0 aliphatic carbocycles. The smallest absolute Gasteiger partial charge is 0.255 e. The van der Waals surface area contributed by atoms with Crippen LogP contribution in [-0.2, 0) is 6.42 Å². The molecule has 21 heavy (non-hydrogen) atoms. The molecular formula is C16H16ClNO3. The van der Waals surface area contributed by atoms with E-state index in [1.807, 2.05) is 18.2 Å². The number of hydrogen-bond donors (Lipinski definition) is 2. The lowest BCUT2D eigenvalue weighted by Gasteiger charge is -2.08. The van der Waals surface area contributed by atoms with Crippen molar-refractivity contribution in [3.05, 3.63) is 58.6 Å². The summed E-state index contributed by atoms with van der Waals surface area (Å²) in [6.45, 7) is 0.463. The number of rotatable bonds is 5. The van der Waals surface area contributed by atoms with E-state index in [2.05, 4.69) is 5.32 Å². The number of benzene rings is 2. The Labute approximate surface area is 128 Å². The lowest BCUT2D eigenvalue weighted by atomic mass is 10.1. The number of halogens is 1. The fourth-order valence-electron chi connectivity index (χ4n) is 1.94. The summed E-state index contributed by atoms with van der Waals surface area (Å²) in [5, 5.41) is 13.2. The number of carbonyl (C=O) groups is 1. The third kappa shape index (κ3) is 4.13. The van der Waals surface area contributed by atoms with Gasteiger partial charge in [-0.05, 0) is 36.2 Å². The van der Waals surface area contributed by atoms with Crippen LogP contribution in [0.15, 0.2) is 42.5 Å². The van der Waals surface area contributed by atoms with Gasteiger partial charge in [0.2, 0.25) is 0 Å². The average molecular weight is 306 g/mol. The molecular weight excluding hydrogens is 290 g/mol. The molecule has 2 rings (SSSR count). The number of ether oxygens (including phenoxy) is 1. The minimum atomic E-state index is -0.322. The van der Waals surface area contributed by atoms with Crippen LogP contribution in [0.4, 0.5) is 0 Å². The van der Waals surface area contributed by atoms with Gasteiger partial charge in [0, 0.05) is 17.6 Å². The Kier molecular flexibility index (Phi) is 5.06. The summed E-state index contributed by atoms with van der Waals surface area (Å²) in [6, 6.07) is 12.1. The lowest BCUT2D eigenvalue weighted by Crippen LogP contribution is -2.25. The van der Waals surface area contributed by atoms with E-state index in [0.717, 1.165) is 5.56 Å². The van der Waals surface area contributed by atoms with Crippen molar-refractivity contribution in [1.82, 2.24) is 5.32 Å². The molecule has 4 nitrogen and oxygen atoms in total. The Morgan fingerprint density at radius 1 is 1.29 bits per heavy atom. The van der Waals surface area contributed by atoms with Crippen molar-refractivity contribution in [2.24, 2.45) is 0 Å². The highest BCUT2D eigenvalue weighted by Gasteiger charge is 2.11. The second-order valence-electron chi connectivity index (χ2n) is 4.52. The molecule has 0 saturated carbocycles. The number of nitrogens with one attached hydrogen (secondary N) is 1. The zero-order valence-corrected chi connectivity index (χ0v) is 12.4. The Hall–Kier alpha value is -2.20. The van der Waals surface area contributed by atoms with E-state index in [1.54, 1.807) is 12.1 Å². The topological polar surface area (TPSA) is 58.6 Å². The fraction of sp³-hybridized carbons (Fsp3) is 0.188. The Balaban J connectivity index is 1.93. The zero-order valence-electron chi connectivity index (χ0n) is 11.6. The van der Waals surface area contributed by atoms with Crippen molar-refractivity contribution in [1.29, 1.82) is 0 Å². The molecule has 0 bridgehead atoms. The Bertz CT molecular complexity index is 643. The SMILES string of the molecule is COc1ccc(C(=O)NCCc2cccc(Cl)c2)c(O)c1. The van der Waals surface area contributed by atoms with Gasteiger partial charge in [-0.25, -0.2) is 0 Å². The number of hydrogen-bond acceptors (Lipinski definition) is 3. The number of phenols is 1. The number of amides is 1. The first-order valence-electron chi connectivity index (χ1n) is 6.50. The van der Waals surface area contributed by atoms with Gasteiger partial charge in [0.05, 0.1) is 12.7 Å². The van der Waals surface area contributed by atoms with Crippen molar-refractivity contribution in [3.63, 3.8) is 0 Å². The molecule has 0 saturated heterocycles. The van der Waals surface area contributed by atoms with Crippen LogP contribution in [0.1, 0.15) is 15.9 Å². The molecule has 0 aromatic heterocycles. The molecule has 110 valence electrons. The molecule has 0 spiro atoms. The van der Waals surface area contributed by atoms with Crippen LogP contribution in [0.5, 0.6) is 11.5 Å². The molecule has 2 aromatic rings. The summed E-state index contributed by atoms with van der Waals surface area (Å²) in [6.07, 6.45) is 0.670. The van der Waals surface area contributed by atoms with E-state index in [-0.39, 0.29) is 17.2 Å². The lowest BCUT2D eigenvalue weighted by molar-refractivity contribution is 0.0951. The van der Waals surface area contributed by atoms with Crippen LogP contribution in [0, 0.1) is 0 Å². The highest BCUT2D eigenvalue weighted by Crippen LogP contribution is 2.23. The van der Waals surface area contributed by atoms with Gasteiger partial charge < -0.3 is 15.2 Å². The summed E-state index contributed by atoms with van der Waals surface area (Å²) in [4.78, 5) is 12.0. The monoisotopic (exact) mass is 305 g/mol. The zero-order chi connectivity index (χ0) is 15.2. The van der Waals surface area contributed by atoms with Gasteiger partial charge in [0.25, 0.3) is 5.91 Å². The fourth-order valence-corrected chi connectivity index (χ4v) is 2.15. The maximum Gasteiger partial charge on any atom is 0.255 e. The van der Waals surface area contributed by atoms with Crippen LogP contribution in [0.3, 0.4) is 0 Å². The predicted octanol–water partition coefficient (Wildman–Crippen LogP) is 3.03. The van der Waals surface area contributed by atoms with Crippen LogP contribution < -0.4 is 10.1 Å². The number of phenolic OH excluding ortho intramolecular Hbond substituents is 1. The molecule has 0 fully saturated rings. The van der Waals surface area contributed by atoms with Crippen molar-refractivity contribution < 1.29 is 14.6 Å². The largest absolute Gasteiger partial charge is 0.507 e. The third-order valence-electron chi connectivity index (χ3n) is 3.04. The summed E-state index contributed by atoms with van der Waals surface area (Å²) in [5.41, 5.74) is 1.27. The molecule has 0 aliphatic rings. The van der Waals surface area contributed by atoms with Crippen LogP contribution in [-0.4, -0.2) is 24.7 Å². The van der Waals surface area contributed by atoms with E-state index >= 15 is 0 Å². The van der Waals surface area contributed by atoms with Crippen molar-refractivity contribution in [2.75, 3.05) is 13.7 Å². The standard InChI is InChI=1S/C16H16ClNO3/c1-21-13-5-6-14(15(19)10-13)16(20)18-8-7-11-3-2-4-12(17)9-11/h2-6,9-10,19H,7-8H2,1H3,(H,18,20). The van der Waals surface area contributed by atoms with Crippen LogP contribution >= 0.6 is 11.6 Å². The minimum Gasteiger partial charge on any atom is -0.507 e. The van der Waals surface area contributed by atoms with Crippen molar-refractivity contribution in [3.8, 4) is 11.5 Å². The maximum absolute atomic E-state index is 12.0. The molecule has 2 N–H and O–H groups in total. The molecule has 0 atom stereocenters. The summed E-state index contributed by atoms with van der Waals surface area (Å²) < 4.78 is 4.98. The molecule has 5 heteroatoms. The molecule has 0 unspecified atom stereocenters. The van der Waals surface area contributed by atoms with Crippen LogP contribution in [0.2, 0.25) is 5.02 Å². The van der Waals surface area contributed by atoms with Gasteiger partial charge in [0.15, 0.2) is 0 Å². The highest BCUT2D eigenvalue weighted by atomic mass is 35.5. The molecule has 2 aromatic carbocycles. The second-order valence-corrected chi connectivity index (χ2v) is 4.96. The normalized spacial score (nSPS) is 10.2. The van der Waals surface area contributed by atoms with E-state index in [1.165, 1.54) is 19.2 Å². The molecule has 1 amide bonds. The average Bonchev–Trinajstić information content (AvgIpc) is 2.47. The summed E-state index contributed by atoms with van der Waals surface area (Å²) in [7, 11) is 1.50. The van der Waals surface area contributed by atoms with Gasteiger partial charge in [0.1, 0.15) is 11.5 Å². The second kappa shape index (κ2) is 6.99. The Morgan fingerprint density at radius 2 is 2.10 bits per heavy atom. The summed E-state index contributed by atoms with van der Waals surface area (Å²) in [5.74, 6) is 0.0785. The van der Waals surface area contributed by atoms with E-state index in [4.69, 9.17) is 16.3 Å². The Morgan fingerprint density at radius 3 is 2.76 bits per heavy atom. The maximum atomic E-state index is 12.0. The number of carbonyl (C=O) groups excluding carboxylic acids is 1. The molecule has 0 radical (unpaired) electrons. The van der Waals surface area contributed by atoms with Gasteiger partial charge >= 0.3 is 0 Å². The van der Waals surface area contributed by atoms with E-state index in [9.17, 15) is 9.90 Å². The summed E-state index contributed by atoms with van der Waals surface area (Å²) >= 11 is 5.90. The molecule has 0 aliphatic heterocycles. The van der Waals surface area contributed by atoms with Crippen LogP contribution in [0.25, 0.3) is 0 Å². The van der Waals surface area contributed by atoms with E-state index in [0.29, 0.717) is 23.7 Å².